The molecule has 1 aliphatic heterocycles. The second-order valence-electron chi connectivity index (χ2n) is 5.65. The third kappa shape index (κ3) is 2.52. The van der Waals surface area contributed by atoms with E-state index in [-0.39, 0.29) is 23.6 Å². The molecule has 1 aliphatic rings. The maximum absolute atomic E-state index is 12.5. The lowest BCUT2D eigenvalue weighted by Crippen LogP contribution is -2.60. The molecule has 0 radical (unpaired) electrons. The van der Waals surface area contributed by atoms with Crippen LogP contribution in [0.1, 0.15) is 25.9 Å². The molecule has 8 nitrogen and oxygen atoms in total. The summed E-state index contributed by atoms with van der Waals surface area (Å²) in [5.41, 5.74) is 0.841. The summed E-state index contributed by atoms with van der Waals surface area (Å²) in [7, 11) is 0. The Hall–Kier alpha value is -2.81. The van der Waals surface area contributed by atoms with E-state index in [0.717, 1.165) is 10.2 Å². The molecule has 24 heavy (non-hydrogen) atoms. The van der Waals surface area contributed by atoms with Crippen LogP contribution in [0.3, 0.4) is 0 Å². The highest BCUT2D eigenvalue weighted by Gasteiger charge is 2.33. The molecule has 0 spiro atoms. The van der Waals surface area contributed by atoms with Crippen LogP contribution in [0.4, 0.5) is 0 Å². The molecule has 1 fully saturated rings. The molecule has 2 N–H and O–H groups in total. The van der Waals surface area contributed by atoms with Gasteiger partial charge in [0.25, 0.3) is 11.8 Å². The van der Waals surface area contributed by atoms with Crippen molar-refractivity contribution in [3.63, 3.8) is 0 Å². The molecule has 0 bridgehead atoms. The van der Waals surface area contributed by atoms with Crippen molar-refractivity contribution in [2.24, 2.45) is 0 Å². The zero-order chi connectivity index (χ0) is 16.7. The number of carbonyl (C=O) groups excluding carboxylic acids is 2. The highest BCUT2D eigenvalue weighted by molar-refractivity contribution is 7.20. The first-order valence-electron chi connectivity index (χ1n) is 7.44. The van der Waals surface area contributed by atoms with Gasteiger partial charge < -0.3 is 10.2 Å². The van der Waals surface area contributed by atoms with Crippen molar-refractivity contribution in [2.75, 3.05) is 13.1 Å². The highest BCUT2D eigenvalue weighted by Crippen LogP contribution is 2.26. The maximum Gasteiger partial charge on any atom is 0.274 e. The first kappa shape index (κ1) is 14.8. The molecule has 0 atom stereocenters. The number of H-pyrrole nitrogens is 1. The van der Waals surface area contributed by atoms with E-state index in [1.165, 1.54) is 11.3 Å². The average molecular weight is 342 g/mol. The van der Waals surface area contributed by atoms with E-state index in [0.29, 0.717) is 23.7 Å². The quantitative estimate of drug-likeness (QED) is 0.738. The normalized spacial score (nSPS) is 14.6. The molecule has 3 aromatic rings. The van der Waals surface area contributed by atoms with Gasteiger partial charge in [0.15, 0.2) is 5.69 Å². The van der Waals surface area contributed by atoms with Crippen molar-refractivity contribution in [1.29, 1.82) is 0 Å². The van der Waals surface area contributed by atoms with Crippen LogP contribution >= 0.6 is 11.3 Å². The van der Waals surface area contributed by atoms with Crippen molar-refractivity contribution in [3.05, 3.63) is 40.7 Å². The number of carbonyl (C=O) groups is 2. The van der Waals surface area contributed by atoms with Crippen LogP contribution in [0, 0.1) is 6.92 Å². The van der Waals surface area contributed by atoms with Crippen molar-refractivity contribution in [3.8, 4) is 0 Å². The van der Waals surface area contributed by atoms with Crippen molar-refractivity contribution in [2.45, 2.75) is 13.0 Å². The lowest BCUT2D eigenvalue weighted by molar-refractivity contribution is 0.0546. The van der Waals surface area contributed by atoms with E-state index in [1.807, 2.05) is 18.2 Å². The lowest BCUT2D eigenvalue weighted by Gasteiger charge is -2.39. The summed E-state index contributed by atoms with van der Waals surface area (Å²) in [6, 6.07) is 5.59. The molecule has 4 heterocycles. The molecule has 4 rings (SSSR count). The van der Waals surface area contributed by atoms with Gasteiger partial charge in [0.2, 0.25) is 0 Å². The predicted octanol–water partition coefficient (Wildman–Crippen LogP) is 0.977. The summed E-state index contributed by atoms with van der Waals surface area (Å²) in [4.78, 5) is 32.0. The zero-order valence-electron chi connectivity index (χ0n) is 12.8. The van der Waals surface area contributed by atoms with E-state index < -0.39 is 0 Å². The minimum Gasteiger partial charge on any atom is -0.344 e. The fourth-order valence-electron chi connectivity index (χ4n) is 2.62. The summed E-state index contributed by atoms with van der Waals surface area (Å²) in [5.74, 6) is -0.300. The maximum atomic E-state index is 12.5. The highest BCUT2D eigenvalue weighted by atomic mass is 32.1. The van der Waals surface area contributed by atoms with Crippen LogP contribution < -0.4 is 5.32 Å². The summed E-state index contributed by atoms with van der Waals surface area (Å²) < 4.78 is 0. The number of nitrogens with one attached hydrogen (secondary N) is 2. The summed E-state index contributed by atoms with van der Waals surface area (Å²) in [6.45, 7) is 2.69. The zero-order valence-corrected chi connectivity index (χ0v) is 13.6. The van der Waals surface area contributed by atoms with Crippen molar-refractivity contribution < 1.29 is 9.59 Å². The second-order valence-corrected chi connectivity index (χ2v) is 6.68. The number of hydrogen-bond donors (Lipinski definition) is 2. The van der Waals surface area contributed by atoms with Gasteiger partial charge in [-0.25, -0.2) is 4.98 Å². The molecular weight excluding hydrogens is 328 g/mol. The van der Waals surface area contributed by atoms with Gasteiger partial charge in [-0.2, -0.15) is 15.4 Å². The van der Waals surface area contributed by atoms with Gasteiger partial charge in [-0.05, 0) is 19.1 Å². The number of thiophene rings is 1. The van der Waals surface area contributed by atoms with Crippen LogP contribution in [0.2, 0.25) is 0 Å². The van der Waals surface area contributed by atoms with Gasteiger partial charge in [-0.3, -0.25) is 9.59 Å². The number of fused-ring (bicyclic) bond motifs is 1. The Morgan fingerprint density at radius 2 is 2.21 bits per heavy atom. The Morgan fingerprint density at radius 3 is 2.92 bits per heavy atom. The smallest absolute Gasteiger partial charge is 0.274 e. The van der Waals surface area contributed by atoms with E-state index in [4.69, 9.17) is 0 Å². The Bertz CT molecular complexity index is 894. The summed E-state index contributed by atoms with van der Waals surface area (Å²) in [5, 5.41) is 13.9. The molecule has 1 saturated heterocycles. The molecule has 3 aromatic heterocycles. The topological polar surface area (TPSA) is 104 Å². The Morgan fingerprint density at radius 1 is 1.38 bits per heavy atom. The number of likely N-dealkylation sites (tertiary alicyclic amines) is 1. The third-order valence-corrected chi connectivity index (χ3v) is 4.99. The van der Waals surface area contributed by atoms with E-state index in [9.17, 15) is 9.59 Å². The Balaban J connectivity index is 1.37. The van der Waals surface area contributed by atoms with Crippen LogP contribution in [-0.4, -0.2) is 56.2 Å². The average Bonchev–Trinajstić information content (AvgIpc) is 3.15. The summed E-state index contributed by atoms with van der Waals surface area (Å²) >= 11 is 1.39. The minimum atomic E-state index is -0.274. The van der Waals surface area contributed by atoms with E-state index >= 15 is 0 Å². The number of pyridine rings is 1. The lowest BCUT2D eigenvalue weighted by atomic mass is 10.1. The van der Waals surface area contributed by atoms with Gasteiger partial charge in [-0.15, -0.1) is 11.3 Å². The fraction of sp³-hybridized carbons (Fsp3) is 0.267. The van der Waals surface area contributed by atoms with E-state index in [2.05, 4.69) is 25.7 Å². The molecule has 122 valence electrons. The predicted molar refractivity (Wildman–Crippen MR) is 87.9 cm³/mol. The molecule has 0 aromatic carbocycles. The molecule has 0 saturated carbocycles. The third-order valence-electron chi connectivity index (χ3n) is 3.95. The monoisotopic (exact) mass is 342 g/mol. The van der Waals surface area contributed by atoms with Crippen LogP contribution in [0.5, 0.6) is 0 Å². The number of nitrogens with zero attached hydrogens (tertiary/aromatic N) is 4. The molecular formula is C15H14N6O2S. The number of aromatic nitrogens is 4. The standard InChI is InChI=1S/C15H14N6O2S/c1-8-12(19-20-18-8)13(22)17-10-6-21(7-10)15(23)11-5-9-3-2-4-16-14(9)24-11/h2-5,10H,6-7H2,1H3,(H,17,22)(H,18,19,20). The van der Waals surface area contributed by atoms with Gasteiger partial charge in [0.05, 0.1) is 16.6 Å². The van der Waals surface area contributed by atoms with E-state index in [1.54, 1.807) is 18.0 Å². The van der Waals surface area contributed by atoms with Crippen molar-refractivity contribution >= 4 is 33.4 Å². The fourth-order valence-corrected chi connectivity index (χ4v) is 3.59. The van der Waals surface area contributed by atoms with Gasteiger partial charge in [0.1, 0.15) is 4.83 Å². The number of amides is 2. The van der Waals surface area contributed by atoms with Crippen molar-refractivity contribution in [1.82, 2.24) is 30.6 Å². The van der Waals surface area contributed by atoms with Gasteiger partial charge in [0, 0.05) is 24.7 Å². The Labute approximate surface area is 140 Å². The number of aromatic amines is 1. The van der Waals surface area contributed by atoms with Crippen LogP contribution in [0.25, 0.3) is 10.2 Å². The van der Waals surface area contributed by atoms with Gasteiger partial charge in [-0.1, -0.05) is 6.07 Å². The largest absolute Gasteiger partial charge is 0.344 e. The van der Waals surface area contributed by atoms with Crippen LogP contribution in [0.15, 0.2) is 24.4 Å². The first-order valence-corrected chi connectivity index (χ1v) is 8.25. The molecule has 0 aliphatic carbocycles. The molecule has 9 heteroatoms. The SMILES string of the molecule is Cc1n[nH]nc1C(=O)NC1CN(C(=O)c2cc3cccnc3s2)C1. The second kappa shape index (κ2) is 5.68. The minimum absolute atomic E-state index is 0.0267. The summed E-state index contributed by atoms with van der Waals surface area (Å²) in [6.07, 6.45) is 1.72. The first-order chi connectivity index (χ1) is 11.6. The number of hydrogen-bond acceptors (Lipinski definition) is 6. The number of rotatable bonds is 3. The van der Waals surface area contributed by atoms with Gasteiger partial charge >= 0.3 is 0 Å². The molecule has 0 unspecified atom stereocenters. The molecule has 2 amide bonds. The van der Waals surface area contributed by atoms with Crippen LogP contribution in [-0.2, 0) is 0 Å². The number of aryl methyl sites for hydroxylation is 1. The Kier molecular flexibility index (Phi) is 3.49.